The molecule has 13 heteroatoms. The van der Waals surface area contributed by atoms with Crippen LogP contribution in [0.15, 0.2) is 70.2 Å². The molecule has 0 fully saturated rings. The van der Waals surface area contributed by atoms with Crippen LogP contribution in [0, 0.1) is 15.9 Å². The number of carbonyl (C=O) groups is 1. The standard InChI is InChI=1S/C25H27ClFN3O7S/c1-2-36-13-4-12-29(38(34,35)22-10-11-23(26)24(15-22)30(32)33)18-25(31)28(17-21-5-3-14-37-21)16-19-6-8-20(27)9-7-19/h3,5-11,14-15H,2,4,12-13,16-18H2,1H3. The molecular weight excluding hydrogens is 541 g/mol. The van der Waals surface area contributed by atoms with Crippen LogP contribution in [-0.4, -0.2) is 54.8 Å². The number of halogens is 2. The number of hydrogen-bond donors (Lipinski definition) is 0. The Hall–Kier alpha value is -3.32. The van der Waals surface area contributed by atoms with Gasteiger partial charge in [-0.3, -0.25) is 14.9 Å². The molecule has 1 amide bonds. The van der Waals surface area contributed by atoms with Crippen molar-refractivity contribution in [2.75, 3.05) is 26.3 Å². The van der Waals surface area contributed by atoms with Crippen LogP contribution in [-0.2, 0) is 32.6 Å². The molecule has 0 atom stereocenters. The summed E-state index contributed by atoms with van der Waals surface area (Å²) in [6.07, 6.45) is 1.74. The van der Waals surface area contributed by atoms with Gasteiger partial charge in [0.05, 0.1) is 29.2 Å². The maximum absolute atomic E-state index is 13.5. The third-order valence-corrected chi connectivity index (χ3v) is 7.69. The minimum atomic E-state index is -4.34. The Kier molecular flexibility index (Phi) is 10.4. The largest absolute Gasteiger partial charge is 0.467 e. The van der Waals surface area contributed by atoms with E-state index in [1.165, 1.54) is 35.4 Å². The first kappa shape index (κ1) is 29.2. The molecule has 204 valence electrons. The second-order valence-electron chi connectivity index (χ2n) is 8.22. The van der Waals surface area contributed by atoms with Crippen molar-refractivity contribution in [3.63, 3.8) is 0 Å². The first-order chi connectivity index (χ1) is 18.1. The fourth-order valence-electron chi connectivity index (χ4n) is 3.60. The quantitative estimate of drug-likeness (QED) is 0.158. The number of benzene rings is 2. The highest BCUT2D eigenvalue weighted by Crippen LogP contribution is 2.29. The normalized spacial score (nSPS) is 11.6. The number of carbonyl (C=O) groups excluding carboxylic acids is 1. The van der Waals surface area contributed by atoms with Crippen LogP contribution in [0.4, 0.5) is 10.1 Å². The first-order valence-electron chi connectivity index (χ1n) is 11.7. The van der Waals surface area contributed by atoms with E-state index in [0.717, 1.165) is 22.5 Å². The maximum atomic E-state index is 13.5. The Morgan fingerprint density at radius 2 is 1.89 bits per heavy atom. The number of amides is 1. The van der Waals surface area contributed by atoms with Crippen LogP contribution >= 0.6 is 11.6 Å². The zero-order valence-corrected chi connectivity index (χ0v) is 22.2. The van der Waals surface area contributed by atoms with Gasteiger partial charge in [0.1, 0.15) is 16.6 Å². The number of furan rings is 1. The van der Waals surface area contributed by atoms with Crippen molar-refractivity contribution < 1.29 is 31.7 Å². The lowest BCUT2D eigenvalue weighted by molar-refractivity contribution is -0.384. The van der Waals surface area contributed by atoms with Crippen LogP contribution in [0.2, 0.25) is 5.02 Å². The molecule has 0 aliphatic rings. The van der Waals surface area contributed by atoms with Crippen molar-refractivity contribution in [2.45, 2.75) is 31.3 Å². The third kappa shape index (κ3) is 7.84. The molecule has 0 radical (unpaired) electrons. The van der Waals surface area contributed by atoms with E-state index >= 15 is 0 Å². The SMILES string of the molecule is CCOCCCN(CC(=O)N(Cc1ccc(F)cc1)Cc1ccco1)S(=O)(=O)c1ccc(Cl)c([N+](=O)[O-])c1. The Labute approximate surface area is 224 Å². The van der Waals surface area contributed by atoms with Gasteiger partial charge in [-0.2, -0.15) is 4.31 Å². The van der Waals surface area contributed by atoms with E-state index in [1.54, 1.807) is 19.1 Å². The number of ether oxygens (including phenoxy) is 1. The highest BCUT2D eigenvalue weighted by Gasteiger charge is 2.30. The number of sulfonamides is 1. The lowest BCUT2D eigenvalue weighted by atomic mass is 10.2. The second kappa shape index (κ2) is 13.5. The molecule has 0 unspecified atom stereocenters. The topological polar surface area (TPSA) is 123 Å². The molecule has 3 rings (SSSR count). The molecule has 10 nitrogen and oxygen atoms in total. The molecule has 1 aromatic heterocycles. The molecule has 0 spiro atoms. The molecule has 2 aromatic carbocycles. The van der Waals surface area contributed by atoms with Crippen molar-refractivity contribution in [3.05, 3.63) is 93.1 Å². The number of hydrogen-bond acceptors (Lipinski definition) is 7. The van der Waals surface area contributed by atoms with Gasteiger partial charge in [-0.1, -0.05) is 23.7 Å². The summed E-state index contributed by atoms with van der Waals surface area (Å²) < 4.78 is 52.1. The van der Waals surface area contributed by atoms with Gasteiger partial charge in [-0.05, 0) is 55.3 Å². The average Bonchev–Trinajstić information content (AvgIpc) is 3.39. The van der Waals surface area contributed by atoms with Gasteiger partial charge in [0.2, 0.25) is 15.9 Å². The molecule has 0 aliphatic heterocycles. The maximum Gasteiger partial charge on any atom is 0.289 e. The number of rotatable bonds is 14. The summed E-state index contributed by atoms with van der Waals surface area (Å²) >= 11 is 5.86. The summed E-state index contributed by atoms with van der Waals surface area (Å²) in [6.45, 7) is 1.98. The van der Waals surface area contributed by atoms with E-state index in [0.29, 0.717) is 17.9 Å². The van der Waals surface area contributed by atoms with E-state index in [2.05, 4.69) is 0 Å². The number of nitro benzene ring substituents is 1. The van der Waals surface area contributed by atoms with Gasteiger partial charge < -0.3 is 14.1 Å². The van der Waals surface area contributed by atoms with Crippen molar-refractivity contribution in [3.8, 4) is 0 Å². The molecule has 0 saturated heterocycles. The first-order valence-corrected chi connectivity index (χ1v) is 13.5. The Balaban J connectivity index is 1.90. The molecule has 3 aromatic rings. The monoisotopic (exact) mass is 567 g/mol. The summed E-state index contributed by atoms with van der Waals surface area (Å²) in [7, 11) is -4.34. The van der Waals surface area contributed by atoms with Crippen molar-refractivity contribution >= 4 is 33.2 Å². The van der Waals surface area contributed by atoms with Crippen LogP contribution < -0.4 is 0 Å². The van der Waals surface area contributed by atoms with Gasteiger partial charge >= 0.3 is 0 Å². The molecule has 0 aliphatic carbocycles. The van der Waals surface area contributed by atoms with Crippen LogP contribution in [0.25, 0.3) is 0 Å². The van der Waals surface area contributed by atoms with Crippen LogP contribution in [0.1, 0.15) is 24.7 Å². The van der Waals surface area contributed by atoms with E-state index < -0.39 is 38.9 Å². The average molecular weight is 568 g/mol. The number of nitrogens with zero attached hydrogens (tertiary/aromatic N) is 3. The zero-order chi connectivity index (χ0) is 27.7. The minimum absolute atomic E-state index is 0.0441. The van der Waals surface area contributed by atoms with Crippen molar-refractivity contribution in [1.29, 1.82) is 0 Å². The van der Waals surface area contributed by atoms with Gasteiger partial charge in [0.25, 0.3) is 5.69 Å². The molecule has 1 heterocycles. The summed E-state index contributed by atoms with van der Waals surface area (Å²) in [5.41, 5.74) is 0.0643. The summed E-state index contributed by atoms with van der Waals surface area (Å²) in [6, 6.07) is 12.1. The van der Waals surface area contributed by atoms with E-state index in [-0.39, 0.29) is 42.6 Å². The predicted octanol–water partition coefficient (Wildman–Crippen LogP) is 4.63. The molecule has 0 bridgehead atoms. The molecule has 0 N–H and O–H groups in total. The van der Waals surface area contributed by atoms with Crippen molar-refractivity contribution in [1.82, 2.24) is 9.21 Å². The lowest BCUT2D eigenvalue weighted by Crippen LogP contribution is -2.43. The fourth-order valence-corrected chi connectivity index (χ4v) is 5.23. The lowest BCUT2D eigenvalue weighted by Gasteiger charge is -2.27. The Bertz CT molecular complexity index is 1340. The van der Waals surface area contributed by atoms with Gasteiger partial charge in [-0.15, -0.1) is 0 Å². The van der Waals surface area contributed by atoms with Crippen LogP contribution in [0.3, 0.4) is 0 Å². The highest BCUT2D eigenvalue weighted by molar-refractivity contribution is 7.89. The second-order valence-corrected chi connectivity index (χ2v) is 10.6. The smallest absolute Gasteiger partial charge is 0.289 e. The fraction of sp³-hybridized carbons (Fsp3) is 0.320. The highest BCUT2D eigenvalue weighted by atomic mass is 35.5. The molecular formula is C25H27ClFN3O7S. The van der Waals surface area contributed by atoms with Crippen LogP contribution in [0.5, 0.6) is 0 Å². The van der Waals surface area contributed by atoms with Gasteiger partial charge in [0, 0.05) is 32.4 Å². The summed E-state index contributed by atoms with van der Waals surface area (Å²) in [4.78, 5) is 25.1. The molecule has 0 saturated carbocycles. The Morgan fingerprint density at radius 3 is 2.53 bits per heavy atom. The number of nitro groups is 1. The van der Waals surface area contributed by atoms with Crippen molar-refractivity contribution in [2.24, 2.45) is 0 Å². The van der Waals surface area contributed by atoms with E-state index in [1.807, 2.05) is 0 Å². The van der Waals surface area contributed by atoms with E-state index in [9.17, 15) is 27.7 Å². The predicted molar refractivity (Wildman–Crippen MR) is 137 cm³/mol. The zero-order valence-electron chi connectivity index (χ0n) is 20.6. The summed E-state index contributed by atoms with van der Waals surface area (Å²) in [5.74, 6) is -0.505. The van der Waals surface area contributed by atoms with E-state index in [4.69, 9.17) is 20.8 Å². The molecule has 38 heavy (non-hydrogen) atoms. The summed E-state index contributed by atoms with van der Waals surface area (Å²) in [5, 5.41) is 11.1. The van der Waals surface area contributed by atoms with Gasteiger partial charge in [0.15, 0.2) is 0 Å². The third-order valence-electron chi connectivity index (χ3n) is 5.53. The van der Waals surface area contributed by atoms with Gasteiger partial charge in [-0.25, -0.2) is 12.8 Å². The Morgan fingerprint density at radius 1 is 1.16 bits per heavy atom. The minimum Gasteiger partial charge on any atom is -0.467 e.